The molecule has 6 nitrogen and oxygen atoms in total. The molecule has 0 aliphatic heterocycles. The van der Waals surface area contributed by atoms with E-state index in [1.807, 2.05) is 0 Å². The molecule has 0 saturated heterocycles. The summed E-state index contributed by atoms with van der Waals surface area (Å²) in [6.45, 7) is 0. The zero-order chi connectivity index (χ0) is 18.0. The van der Waals surface area contributed by atoms with Gasteiger partial charge in [-0.05, 0) is 24.3 Å². The third kappa shape index (κ3) is 3.09. The minimum absolute atomic E-state index is 0.0934. The lowest BCUT2D eigenvalue weighted by Crippen LogP contribution is -2.11. The fraction of sp³-hybridized carbons (Fsp3) is 0. The van der Waals surface area contributed by atoms with Crippen molar-refractivity contribution in [3.05, 3.63) is 78.5 Å². The molecule has 0 amide bonds. The number of nitrogens with zero attached hydrogens (tertiary/aromatic N) is 1. The van der Waals surface area contributed by atoms with Gasteiger partial charge in [-0.15, -0.1) is 0 Å². The molecular formula is C18H13NO5S. The molecule has 0 aliphatic rings. The van der Waals surface area contributed by atoms with Crippen LogP contribution < -0.4 is 0 Å². The highest BCUT2D eigenvalue weighted by Crippen LogP contribution is 2.26. The predicted octanol–water partition coefficient (Wildman–Crippen LogP) is 2.70. The van der Waals surface area contributed by atoms with Crippen LogP contribution in [0.3, 0.4) is 0 Å². The van der Waals surface area contributed by atoms with Gasteiger partial charge in [0.15, 0.2) is 5.78 Å². The molecule has 1 aromatic heterocycles. The molecule has 3 rings (SSSR count). The van der Waals surface area contributed by atoms with Crippen LogP contribution in [0.25, 0.3) is 10.9 Å². The van der Waals surface area contributed by atoms with Crippen molar-refractivity contribution in [1.29, 1.82) is 0 Å². The normalized spacial score (nSPS) is 11.8. The number of aliphatic carboxylic acids is 1. The van der Waals surface area contributed by atoms with Crippen LogP contribution in [-0.4, -0.2) is 29.2 Å². The van der Waals surface area contributed by atoms with Crippen LogP contribution in [0.2, 0.25) is 0 Å². The largest absolute Gasteiger partial charge is 0.478 e. The van der Waals surface area contributed by atoms with Crippen molar-refractivity contribution in [3.8, 4) is 0 Å². The highest BCUT2D eigenvalue weighted by atomic mass is 32.2. The van der Waals surface area contributed by atoms with Crippen LogP contribution in [0.4, 0.5) is 0 Å². The Morgan fingerprint density at radius 3 is 2.24 bits per heavy atom. The second kappa shape index (κ2) is 6.37. The van der Waals surface area contributed by atoms with Gasteiger partial charge in [0.05, 0.1) is 10.4 Å². The van der Waals surface area contributed by atoms with Gasteiger partial charge in [-0.25, -0.2) is 17.2 Å². The number of rotatable bonds is 5. The van der Waals surface area contributed by atoms with Crippen molar-refractivity contribution in [3.63, 3.8) is 0 Å². The van der Waals surface area contributed by atoms with Gasteiger partial charge in [-0.3, -0.25) is 4.79 Å². The van der Waals surface area contributed by atoms with E-state index in [4.69, 9.17) is 5.11 Å². The van der Waals surface area contributed by atoms with Crippen LogP contribution in [0.15, 0.2) is 77.8 Å². The first-order chi connectivity index (χ1) is 11.9. The third-order valence-corrected chi connectivity index (χ3v) is 5.31. The minimum Gasteiger partial charge on any atom is -0.478 e. The average Bonchev–Trinajstić information content (AvgIpc) is 3.01. The number of allylic oxidation sites excluding steroid dienone is 1. The number of carboxylic acids is 1. The standard InChI is InChI=1S/C18H13NO5S/c20-17(10-11-18(21)22)15-12-19(16-9-5-4-8-14(15)16)25(23,24)13-6-2-1-3-7-13/h1-12H,(H,21,22)/b11-10+. The first-order valence-corrected chi connectivity index (χ1v) is 8.71. The van der Waals surface area contributed by atoms with Gasteiger partial charge in [0.1, 0.15) is 0 Å². The number of carboxylic acid groups (broad SMARTS) is 1. The Labute approximate surface area is 143 Å². The highest BCUT2D eigenvalue weighted by Gasteiger charge is 2.22. The van der Waals surface area contributed by atoms with E-state index in [2.05, 4.69) is 0 Å². The maximum atomic E-state index is 12.9. The molecule has 0 spiro atoms. The van der Waals surface area contributed by atoms with Crippen LogP contribution in [-0.2, 0) is 14.8 Å². The Hall–Kier alpha value is -3.19. The first kappa shape index (κ1) is 16.7. The first-order valence-electron chi connectivity index (χ1n) is 7.27. The minimum atomic E-state index is -3.89. The van der Waals surface area contributed by atoms with E-state index in [0.29, 0.717) is 10.9 Å². The lowest BCUT2D eigenvalue weighted by Gasteiger charge is -2.07. The van der Waals surface area contributed by atoms with E-state index in [-0.39, 0.29) is 10.5 Å². The molecule has 2 aromatic carbocycles. The van der Waals surface area contributed by atoms with Gasteiger partial charge in [-0.2, -0.15) is 0 Å². The maximum Gasteiger partial charge on any atom is 0.328 e. The monoisotopic (exact) mass is 355 g/mol. The number of ketones is 1. The Kier molecular flexibility index (Phi) is 4.24. The lowest BCUT2D eigenvalue weighted by atomic mass is 10.1. The zero-order valence-corrected chi connectivity index (χ0v) is 13.7. The number of hydrogen-bond donors (Lipinski definition) is 1. The number of benzene rings is 2. The molecule has 3 aromatic rings. The van der Waals surface area contributed by atoms with Crippen molar-refractivity contribution < 1.29 is 23.1 Å². The quantitative estimate of drug-likeness (QED) is 0.561. The SMILES string of the molecule is O=C(O)/C=C/C(=O)c1cn(S(=O)(=O)c2ccccc2)c2ccccc12. The summed E-state index contributed by atoms with van der Waals surface area (Å²) in [4.78, 5) is 23.0. The van der Waals surface area contributed by atoms with E-state index in [0.717, 1.165) is 16.1 Å². The molecule has 0 bridgehead atoms. The summed E-state index contributed by atoms with van der Waals surface area (Å²) in [6, 6.07) is 14.4. The summed E-state index contributed by atoms with van der Waals surface area (Å²) in [5.74, 6) is -1.84. The lowest BCUT2D eigenvalue weighted by molar-refractivity contribution is -0.131. The summed E-state index contributed by atoms with van der Waals surface area (Å²) < 4.78 is 26.8. The van der Waals surface area contributed by atoms with Gasteiger partial charge in [-0.1, -0.05) is 36.4 Å². The Morgan fingerprint density at radius 1 is 0.920 bits per heavy atom. The fourth-order valence-electron chi connectivity index (χ4n) is 2.49. The van der Waals surface area contributed by atoms with Crippen molar-refractivity contribution >= 4 is 32.7 Å². The summed E-state index contributed by atoms with van der Waals surface area (Å²) >= 11 is 0. The van der Waals surface area contributed by atoms with Crippen molar-refractivity contribution in [2.24, 2.45) is 0 Å². The molecule has 25 heavy (non-hydrogen) atoms. The topological polar surface area (TPSA) is 93.4 Å². The second-order valence-corrected chi connectivity index (χ2v) is 7.02. The molecule has 126 valence electrons. The highest BCUT2D eigenvalue weighted by molar-refractivity contribution is 7.90. The number of para-hydroxylation sites is 1. The number of carbonyl (C=O) groups excluding carboxylic acids is 1. The molecular weight excluding hydrogens is 342 g/mol. The van der Waals surface area contributed by atoms with E-state index in [1.54, 1.807) is 42.5 Å². The number of fused-ring (bicyclic) bond motifs is 1. The average molecular weight is 355 g/mol. The smallest absolute Gasteiger partial charge is 0.328 e. The fourth-order valence-corrected chi connectivity index (χ4v) is 3.88. The summed E-state index contributed by atoms with van der Waals surface area (Å²) in [5.41, 5.74) is 0.464. The van der Waals surface area contributed by atoms with Gasteiger partial charge >= 0.3 is 5.97 Å². The zero-order valence-electron chi connectivity index (χ0n) is 12.9. The molecule has 7 heteroatoms. The van der Waals surface area contributed by atoms with Crippen molar-refractivity contribution in [2.75, 3.05) is 0 Å². The second-order valence-electron chi connectivity index (χ2n) is 5.21. The van der Waals surface area contributed by atoms with Crippen molar-refractivity contribution in [1.82, 2.24) is 3.97 Å². The number of hydrogen-bond acceptors (Lipinski definition) is 4. The summed E-state index contributed by atoms with van der Waals surface area (Å²) in [5, 5.41) is 9.10. The van der Waals surface area contributed by atoms with Crippen LogP contribution in [0.5, 0.6) is 0 Å². The van der Waals surface area contributed by atoms with Crippen molar-refractivity contribution in [2.45, 2.75) is 4.90 Å². The van der Waals surface area contributed by atoms with Crippen LogP contribution in [0, 0.1) is 0 Å². The molecule has 0 aliphatic carbocycles. The molecule has 0 saturated carbocycles. The van der Waals surface area contributed by atoms with E-state index in [9.17, 15) is 18.0 Å². The van der Waals surface area contributed by atoms with Gasteiger partial charge in [0.2, 0.25) is 0 Å². The number of aromatic nitrogens is 1. The van der Waals surface area contributed by atoms with Gasteiger partial charge < -0.3 is 5.11 Å². The van der Waals surface area contributed by atoms with Gasteiger partial charge in [0, 0.05) is 23.2 Å². The molecule has 0 atom stereocenters. The van der Waals surface area contributed by atoms with Crippen LogP contribution in [0.1, 0.15) is 10.4 Å². The molecule has 0 unspecified atom stereocenters. The van der Waals surface area contributed by atoms with E-state index >= 15 is 0 Å². The third-order valence-electron chi connectivity index (χ3n) is 3.62. The summed E-state index contributed by atoms with van der Waals surface area (Å²) in [7, 11) is -3.89. The molecule has 1 N–H and O–H groups in total. The molecule has 1 heterocycles. The van der Waals surface area contributed by atoms with Crippen LogP contribution >= 0.6 is 0 Å². The maximum absolute atomic E-state index is 12.9. The number of carbonyl (C=O) groups is 2. The van der Waals surface area contributed by atoms with E-state index in [1.165, 1.54) is 18.3 Å². The molecule has 0 radical (unpaired) electrons. The van der Waals surface area contributed by atoms with Gasteiger partial charge in [0.25, 0.3) is 10.0 Å². The summed E-state index contributed by atoms with van der Waals surface area (Å²) in [6.07, 6.45) is 2.85. The van der Waals surface area contributed by atoms with E-state index < -0.39 is 21.8 Å². The Bertz CT molecular complexity index is 1090. The Balaban J connectivity index is 2.21. The Morgan fingerprint density at radius 2 is 1.56 bits per heavy atom. The predicted molar refractivity (Wildman–Crippen MR) is 92.1 cm³/mol. The molecule has 0 fully saturated rings.